The molecule has 3 aliphatic rings. The van der Waals surface area contributed by atoms with Crippen LogP contribution in [0.15, 0.2) is 18.2 Å². The third-order valence-corrected chi connectivity index (χ3v) is 5.64. The molecule has 2 aliphatic carbocycles. The van der Waals surface area contributed by atoms with Gasteiger partial charge in [0, 0.05) is 31.0 Å². The summed E-state index contributed by atoms with van der Waals surface area (Å²) in [7, 11) is 0. The number of nitrogens with one attached hydrogen (secondary N) is 1. The van der Waals surface area contributed by atoms with Crippen molar-refractivity contribution in [3.63, 3.8) is 0 Å². The van der Waals surface area contributed by atoms with Crippen LogP contribution in [0.3, 0.4) is 0 Å². The van der Waals surface area contributed by atoms with Crippen molar-refractivity contribution >= 4 is 11.8 Å². The van der Waals surface area contributed by atoms with Crippen LogP contribution in [0.1, 0.15) is 49.1 Å². The first-order chi connectivity index (χ1) is 12.0. The summed E-state index contributed by atoms with van der Waals surface area (Å²) in [6.07, 6.45) is 4.77. The summed E-state index contributed by atoms with van der Waals surface area (Å²) in [5.41, 5.74) is 1.64. The number of aryl methyl sites for hydroxylation is 1. The van der Waals surface area contributed by atoms with E-state index >= 15 is 0 Å². The third kappa shape index (κ3) is 3.70. The average molecular weight is 344 g/mol. The van der Waals surface area contributed by atoms with Gasteiger partial charge < -0.3 is 10.2 Å². The van der Waals surface area contributed by atoms with Gasteiger partial charge in [0.2, 0.25) is 11.8 Å². The molecule has 2 saturated carbocycles. The van der Waals surface area contributed by atoms with E-state index in [1.165, 1.54) is 6.07 Å². The number of rotatable bonds is 4. The van der Waals surface area contributed by atoms with Crippen molar-refractivity contribution in [1.82, 2.24) is 10.2 Å². The first-order valence-corrected chi connectivity index (χ1v) is 9.36. The Kier molecular flexibility index (Phi) is 4.26. The number of hydrogen-bond acceptors (Lipinski definition) is 2. The van der Waals surface area contributed by atoms with E-state index in [9.17, 15) is 14.0 Å². The SMILES string of the molecule is Cc1cc(C2CC(C(=O)NC3CC3)CN(C(=O)C3CC3)C2)ccc1F. The van der Waals surface area contributed by atoms with Crippen molar-refractivity contribution in [2.45, 2.75) is 51.0 Å². The Morgan fingerprint density at radius 3 is 2.52 bits per heavy atom. The van der Waals surface area contributed by atoms with Gasteiger partial charge in [0.25, 0.3) is 0 Å². The smallest absolute Gasteiger partial charge is 0.225 e. The molecule has 1 heterocycles. The average Bonchev–Trinajstić information content (AvgIpc) is 3.50. The van der Waals surface area contributed by atoms with E-state index in [0.29, 0.717) is 24.7 Å². The van der Waals surface area contributed by atoms with Gasteiger partial charge in [-0.05, 0) is 56.2 Å². The van der Waals surface area contributed by atoms with E-state index in [2.05, 4.69) is 5.32 Å². The zero-order valence-electron chi connectivity index (χ0n) is 14.6. The van der Waals surface area contributed by atoms with Gasteiger partial charge in [-0.2, -0.15) is 0 Å². The number of likely N-dealkylation sites (tertiary alicyclic amines) is 1. The molecule has 4 rings (SSSR count). The van der Waals surface area contributed by atoms with E-state index in [-0.39, 0.29) is 35.4 Å². The van der Waals surface area contributed by atoms with Crippen molar-refractivity contribution in [3.8, 4) is 0 Å². The number of carbonyl (C=O) groups excluding carboxylic acids is 2. The van der Waals surface area contributed by atoms with Crippen molar-refractivity contribution < 1.29 is 14.0 Å². The second kappa shape index (κ2) is 6.43. The zero-order chi connectivity index (χ0) is 17.6. The third-order valence-electron chi connectivity index (χ3n) is 5.64. The fraction of sp³-hybridized carbons (Fsp3) is 0.600. The molecule has 1 aromatic carbocycles. The molecule has 1 N–H and O–H groups in total. The van der Waals surface area contributed by atoms with Crippen molar-refractivity contribution in [2.24, 2.45) is 11.8 Å². The zero-order valence-corrected chi connectivity index (χ0v) is 14.6. The van der Waals surface area contributed by atoms with Gasteiger partial charge in [-0.1, -0.05) is 12.1 Å². The summed E-state index contributed by atoms with van der Waals surface area (Å²) in [5.74, 6) is 0.111. The minimum absolute atomic E-state index is 0.0691. The van der Waals surface area contributed by atoms with Gasteiger partial charge >= 0.3 is 0 Å². The van der Waals surface area contributed by atoms with E-state index in [0.717, 1.165) is 37.7 Å². The van der Waals surface area contributed by atoms with Crippen LogP contribution < -0.4 is 5.32 Å². The molecule has 0 aromatic heterocycles. The van der Waals surface area contributed by atoms with Crippen LogP contribution in [0.2, 0.25) is 0 Å². The molecule has 3 fully saturated rings. The molecule has 1 aliphatic heterocycles. The van der Waals surface area contributed by atoms with Crippen LogP contribution in [0.5, 0.6) is 0 Å². The largest absolute Gasteiger partial charge is 0.353 e. The second-order valence-electron chi connectivity index (χ2n) is 7.94. The highest BCUT2D eigenvalue weighted by Crippen LogP contribution is 2.36. The van der Waals surface area contributed by atoms with Crippen molar-refractivity contribution in [2.75, 3.05) is 13.1 Å². The standard InChI is InChI=1S/C20H25FN2O2/c1-12-8-14(4-7-18(12)21)15-9-16(19(24)22-17-5-6-17)11-23(10-15)20(25)13-2-3-13/h4,7-8,13,15-17H,2-3,5-6,9-11H2,1H3,(H,22,24). The number of benzene rings is 1. The van der Waals surface area contributed by atoms with Gasteiger partial charge in [-0.25, -0.2) is 4.39 Å². The Morgan fingerprint density at radius 1 is 1.12 bits per heavy atom. The van der Waals surface area contributed by atoms with Crippen LogP contribution in [-0.2, 0) is 9.59 Å². The molecule has 2 unspecified atom stereocenters. The summed E-state index contributed by atoms with van der Waals surface area (Å²) in [6, 6.07) is 5.48. The summed E-state index contributed by atoms with van der Waals surface area (Å²) >= 11 is 0. The summed E-state index contributed by atoms with van der Waals surface area (Å²) < 4.78 is 13.6. The van der Waals surface area contributed by atoms with E-state index in [1.54, 1.807) is 13.0 Å². The molecule has 5 heteroatoms. The molecule has 2 atom stereocenters. The summed E-state index contributed by atoms with van der Waals surface area (Å²) in [4.78, 5) is 27.1. The highest BCUT2D eigenvalue weighted by Gasteiger charge is 2.40. The van der Waals surface area contributed by atoms with E-state index < -0.39 is 0 Å². The number of nitrogens with zero attached hydrogens (tertiary/aromatic N) is 1. The van der Waals surface area contributed by atoms with Gasteiger partial charge in [-0.15, -0.1) is 0 Å². The molecular weight excluding hydrogens is 319 g/mol. The molecule has 0 spiro atoms. The van der Waals surface area contributed by atoms with Crippen molar-refractivity contribution in [3.05, 3.63) is 35.1 Å². The van der Waals surface area contributed by atoms with Crippen LogP contribution in [0, 0.1) is 24.6 Å². The molecule has 4 nitrogen and oxygen atoms in total. The van der Waals surface area contributed by atoms with Gasteiger partial charge in [0.15, 0.2) is 0 Å². The van der Waals surface area contributed by atoms with Gasteiger partial charge in [0.1, 0.15) is 5.82 Å². The first-order valence-electron chi connectivity index (χ1n) is 9.36. The molecule has 1 saturated heterocycles. The topological polar surface area (TPSA) is 49.4 Å². The number of amides is 2. The lowest BCUT2D eigenvalue weighted by Crippen LogP contribution is -2.48. The van der Waals surface area contributed by atoms with E-state index in [1.807, 2.05) is 11.0 Å². The fourth-order valence-corrected chi connectivity index (χ4v) is 3.77. The Balaban J connectivity index is 1.54. The Morgan fingerprint density at radius 2 is 1.88 bits per heavy atom. The predicted molar refractivity (Wildman–Crippen MR) is 92.5 cm³/mol. The van der Waals surface area contributed by atoms with Crippen LogP contribution >= 0.6 is 0 Å². The minimum Gasteiger partial charge on any atom is -0.353 e. The molecule has 2 amide bonds. The molecule has 25 heavy (non-hydrogen) atoms. The lowest BCUT2D eigenvalue weighted by atomic mass is 9.83. The van der Waals surface area contributed by atoms with Gasteiger partial charge in [-0.3, -0.25) is 9.59 Å². The number of hydrogen-bond donors (Lipinski definition) is 1. The minimum atomic E-state index is -0.214. The second-order valence-corrected chi connectivity index (χ2v) is 7.94. The maximum absolute atomic E-state index is 13.6. The highest BCUT2D eigenvalue weighted by molar-refractivity contribution is 5.84. The van der Waals surface area contributed by atoms with Crippen LogP contribution in [-0.4, -0.2) is 35.8 Å². The van der Waals surface area contributed by atoms with Gasteiger partial charge in [0.05, 0.1) is 5.92 Å². The fourth-order valence-electron chi connectivity index (χ4n) is 3.77. The molecular formula is C20H25FN2O2. The van der Waals surface area contributed by atoms with Crippen LogP contribution in [0.4, 0.5) is 4.39 Å². The lowest BCUT2D eigenvalue weighted by molar-refractivity contribution is -0.137. The molecule has 1 aromatic rings. The Hall–Kier alpha value is -1.91. The van der Waals surface area contributed by atoms with E-state index in [4.69, 9.17) is 0 Å². The van der Waals surface area contributed by atoms with Crippen molar-refractivity contribution in [1.29, 1.82) is 0 Å². The first kappa shape index (κ1) is 16.6. The Bertz CT molecular complexity index is 697. The number of carbonyl (C=O) groups is 2. The quantitative estimate of drug-likeness (QED) is 0.913. The summed E-state index contributed by atoms with van der Waals surface area (Å²) in [6.45, 7) is 2.91. The van der Waals surface area contributed by atoms with Crippen LogP contribution in [0.25, 0.3) is 0 Å². The molecule has 0 radical (unpaired) electrons. The number of halogens is 1. The molecule has 0 bridgehead atoms. The Labute approximate surface area is 147 Å². The maximum Gasteiger partial charge on any atom is 0.225 e. The highest BCUT2D eigenvalue weighted by atomic mass is 19.1. The summed E-state index contributed by atoms with van der Waals surface area (Å²) in [5, 5.41) is 3.08. The lowest BCUT2D eigenvalue weighted by Gasteiger charge is -2.37. The normalized spacial score (nSPS) is 26.4. The number of piperidine rings is 1. The maximum atomic E-state index is 13.6. The molecule has 134 valence electrons. The predicted octanol–water partition coefficient (Wildman–Crippen LogP) is 2.75. The monoisotopic (exact) mass is 344 g/mol.